The van der Waals surface area contributed by atoms with Gasteiger partial charge in [0.05, 0.1) is 19.3 Å². The number of halogens is 2. The number of alkyl halides is 1. The maximum atomic E-state index is 13.6. The lowest BCUT2D eigenvalue weighted by Crippen LogP contribution is -2.23. The molecule has 0 saturated heterocycles. The molecule has 0 fully saturated rings. The Bertz CT molecular complexity index is 1100. The number of rotatable bonds is 5. The van der Waals surface area contributed by atoms with Gasteiger partial charge in [-0.25, -0.2) is 4.39 Å². The van der Waals surface area contributed by atoms with Gasteiger partial charge in [0.25, 0.3) is 5.91 Å². The number of hydrogen-bond acceptors (Lipinski definition) is 3. The lowest BCUT2D eigenvalue weighted by atomic mass is 9.92. The van der Waals surface area contributed by atoms with Crippen LogP contribution in [0.4, 0.5) is 4.39 Å². The number of ether oxygens (including phenoxy) is 1. The zero-order valence-corrected chi connectivity index (χ0v) is 17.8. The minimum absolute atomic E-state index is 0.0200. The smallest absolute Gasteiger partial charge is 0.254 e. The van der Waals surface area contributed by atoms with Crippen molar-refractivity contribution in [3.8, 4) is 16.9 Å². The molecule has 1 amide bonds. The third-order valence-corrected chi connectivity index (χ3v) is 5.83. The van der Waals surface area contributed by atoms with Crippen molar-refractivity contribution in [1.29, 1.82) is 0 Å². The maximum Gasteiger partial charge on any atom is 0.254 e. The zero-order valence-electron chi connectivity index (χ0n) is 16.2. The summed E-state index contributed by atoms with van der Waals surface area (Å²) in [6, 6.07) is 12.4. The Kier molecular flexibility index (Phi) is 5.37. The highest BCUT2D eigenvalue weighted by atomic mass is 79.9. The van der Waals surface area contributed by atoms with Crippen LogP contribution in [0.5, 0.6) is 5.75 Å². The molecule has 4 rings (SSSR count). The molecule has 0 aliphatic carbocycles. The van der Waals surface area contributed by atoms with E-state index in [1.54, 1.807) is 30.3 Å². The topological polar surface area (TPSA) is 42.4 Å². The Morgan fingerprint density at radius 1 is 1.14 bits per heavy atom. The van der Waals surface area contributed by atoms with Crippen molar-refractivity contribution < 1.29 is 13.9 Å². The van der Waals surface area contributed by atoms with Gasteiger partial charge in [-0.2, -0.15) is 0 Å². The SMILES string of the molecule is COc1ccnc(CN2Cc3c(cc(CBr)cc3-c3ccc(F)cc3C)C2=O)c1. The van der Waals surface area contributed by atoms with E-state index in [9.17, 15) is 9.18 Å². The minimum Gasteiger partial charge on any atom is -0.497 e. The second-order valence-corrected chi connectivity index (χ2v) is 7.67. The van der Waals surface area contributed by atoms with Crippen molar-refractivity contribution in [1.82, 2.24) is 9.88 Å². The monoisotopic (exact) mass is 454 g/mol. The molecular formula is C23H20BrFN2O2. The highest BCUT2D eigenvalue weighted by molar-refractivity contribution is 9.08. The molecule has 0 spiro atoms. The van der Waals surface area contributed by atoms with Crippen LogP contribution in [0.15, 0.2) is 48.7 Å². The molecule has 2 heterocycles. The molecule has 2 aromatic carbocycles. The van der Waals surface area contributed by atoms with E-state index in [0.29, 0.717) is 29.7 Å². The van der Waals surface area contributed by atoms with E-state index in [2.05, 4.69) is 27.0 Å². The Hall–Kier alpha value is -2.73. The van der Waals surface area contributed by atoms with Crippen LogP contribution in [-0.2, 0) is 18.4 Å². The van der Waals surface area contributed by atoms with Crippen molar-refractivity contribution in [2.24, 2.45) is 0 Å². The summed E-state index contributed by atoms with van der Waals surface area (Å²) in [5.41, 5.74) is 6.21. The van der Waals surface area contributed by atoms with E-state index < -0.39 is 0 Å². The van der Waals surface area contributed by atoms with Gasteiger partial charge in [-0.15, -0.1) is 0 Å². The quantitative estimate of drug-likeness (QED) is 0.494. The predicted molar refractivity (Wildman–Crippen MR) is 114 cm³/mol. The van der Waals surface area contributed by atoms with Crippen LogP contribution in [0, 0.1) is 12.7 Å². The van der Waals surface area contributed by atoms with Crippen molar-refractivity contribution in [2.45, 2.75) is 25.3 Å². The molecule has 148 valence electrons. The van der Waals surface area contributed by atoms with Gasteiger partial charge in [-0.1, -0.05) is 22.0 Å². The Morgan fingerprint density at radius 2 is 1.93 bits per heavy atom. The molecule has 0 atom stereocenters. The molecule has 4 nitrogen and oxygen atoms in total. The average molecular weight is 455 g/mol. The maximum absolute atomic E-state index is 13.6. The molecule has 29 heavy (non-hydrogen) atoms. The molecule has 1 aliphatic heterocycles. The van der Waals surface area contributed by atoms with E-state index in [4.69, 9.17) is 4.74 Å². The third kappa shape index (κ3) is 3.77. The normalized spacial score (nSPS) is 13.0. The van der Waals surface area contributed by atoms with E-state index in [0.717, 1.165) is 33.5 Å². The number of hydrogen-bond donors (Lipinski definition) is 0. The number of aromatic nitrogens is 1. The van der Waals surface area contributed by atoms with E-state index in [1.807, 2.05) is 19.1 Å². The number of fused-ring (bicyclic) bond motifs is 1. The highest BCUT2D eigenvalue weighted by Crippen LogP contribution is 2.36. The van der Waals surface area contributed by atoms with Crippen molar-refractivity contribution in [3.63, 3.8) is 0 Å². The molecule has 0 N–H and O–H groups in total. The summed E-state index contributed by atoms with van der Waals surface area (Å²) in [6.45, 7) is 2.78. The fourth-order valence-corrected chi connectivity index (χ4v) is 4.09. The van der Waals surface area contributed by atoms with Gasteiger partial charge in [0.15, 0.2) is 0 Å². The minimum atomic E-state index is -0.263. The van der Waals surface area contributed by atoms with Gasteiger partial charge in [0.1, 0.15) is 11.6 Å². The number of carbonyl (C=O) groups excluding carboxylic acids is 1. The number of aryl methyl sites for hydroxylation is 1. The van der Waals surface area contributed by atoms with Gasteiger partial charge in [0, 0.05) is 29.7 Å². The molecular weight excluding hydrogens is 435 g/mol. The summed E-state index contributed by atoms with van der Waals surface area (Å²) >= 11 is 3.50. The first-order valence-corrected chi connectivity index (χ1v) is 10.4. The van der Waals surface area contributed by atoms with Gasteiger partial charge < -0.3 is 9.64 Å². The predicted octanol–water partition coefficient (Wildman–Crippen LogP) is 5.26. The van der Waals surface area contributed by atoms with Crippen molar-refractivity contribution in [3.05, 3.63) is 82.4 Å². The number of pyridine rings is 1. The molecule has 0 radical (unpaired) electrons. The second-order valence-electron chi connectivity index (χ2n) is 7.11. The molecule has 1 aromatic heterocycles. The summed E-state index contributed by atoms with van der Waals surface area (Å²) in [6.07, 6.45) is 1.68. The molecule has 6 heteroatoms. The lowest BCUT2D eigenvalue weighted by molar-refractivity contribution is 0.0764. The summed E-state index contributed by atoms with van der Waals surface area (Å²) in [5, 5.41) is 0.637. The summed E-state index contributed by atoms with van der Waals surface area (Å²) in [5.74, 6) is 0.429. The summed E-state index contributed by atoms with van der Waals surface area (Å²) in [7, 11) is 1.61. The average Bonchev–Trinajstić information content (AvgIpc) is 3.03. The number of carbonyl (C=O) groups is 1. The fraction of sp³-hybridized carbons (Fsp3) is 0.217. The molecule has 0 bridgehead atoms. The number of methoxy groups -OCH3 is 1. The van der Waals surface area contributed by atoms with E-state index >= 15 is 0 Å². The molecule has 0 saturated carbocycles. The number of nitrogens with zero attached hydrogens (tertiary/aromatic N) is 2. The molecule has 1 aliphatic rings. The Balaban J connectivity index is 1.74. The van der Waals surface area contributed by atoms with Gasteiger partial charge in [-0.3, -0.25) is 9.78 Å². The van der Waals surface area contributed by atoms with Gasteiger partial charge in [0.2, 0.25) is 0 Å². The van der Waals surface area contributed by atoms with Crippen LogP contribution in [-0.4, -0.2) is 22.9 Å². The van der Waals surface area contributed by atoms with Crippen LogP contribution in [0.1, 0.15) is 32.7 Å². The third-order valence-electron chi connectivity index (χ3n) is 5.19. The highest BCUT2D eigenvalue weighted by Gasteiger charge is 2.31. The first-order chi connectivity index (χ1) is 14.0. The van der Waals surface area contributed by atoms with Crippen LogP contribution in [0.3, 0.4) is 0 Å². The van der Waals surface area contributed by atoms with Gasteiger partial charge in [-0.05, 0) is 65.1 Å². The number of benzene rings is 2. The van der Waals surface area contributed by atoms with Gasteiger partial charge >= 0.3 is 0 Å². The van der Waals surface area contributed by atoms with Crippen molar-refractivity contribution >= 4 is 21.8 Å². The molecule has 0 unspecified atom stereocenters. The van der Waals surface area contributed by atoms with Crippen LogP contribution >= 0.6 is 15.9 Å². The van der Waals surface area contributed by atoms with E-state index in [1.165, 1.54) is 12.1 Å². The summed E-state index contributed by atoms with van der Waals surface area (Å²) < 4.78 is 18.9. The lowest BCUT2D eigenvalue weighted by Gasteiger charge is -2.16. The second kappa shape index (κ2) is 7.95. The largest absolute Gasteiger partial charge is 0.497 e. The Morgan fingerprint density at radius 3 is 2.66 bits per heavy atom. The van der Waals surface area contributed by atoms with Crippen LogP contribution in [0.2, 0.25) is 0 Å². The van der Waals surface area contributed by atoms with Crippen LogP contribution in [0.25, 0.3) is 11.1 Å². The first-order valence-electron chi connectivity index (χ1n) is 9.26. The van der Waals surface area contributed by atoms with Crippen LogP contribution < -0.4 is 4.74 Å². The number of amides is 1. The zero-order chi connectivity index (χ0) is 20.5. The standard InChI is InChI=1S/C23H20BrFN2O2/c1-14-7-16(25)3-4-19(14)20-8-15(11-24)9-21-22(20)13-27(23(21)28)12-17-10-18(29-2)5-6-26-17/h3-10H,11-13H2,1-2H3. The van der Waals surface area contributed by atoms with Crippen molar-refractivity contribution in [2.75, 3.05) is 7.11 Å². The molecule has 3 aromatic rings. The summed E-state index contributed by atoms with van der Waals surface area (Å²) in [4.78, 5) is 19.3. The van der Waals surface area contributed by atoms with E-state index in [-0.39, 0.29) is 11.7 Å². The first kappa shape index (κ1) is 19.6. The fourth-order valence-electron chi connectivity index (χ4n) is 3.77. The Labute approximate surface area is 177 Å².